The third kappa shape index (κ3) is 8.31. The van der Waals surface area contributed by atoms with Crippen molar-refractivity contribution in [1.82, 2.24) is 5.32 Å². The molecule has 0 unspecified atom stereocenters. The molecular weight excluding hydrogens is 170 g/mol. The molecule has 0 atom stereocenters. The lowest BCUT2D eigenvalue weighted by Crippen LogP contribution is -2.27. The maximum absolute atomic E-state index is 3.75. The predicted octanol–water partition coefficient (Wildman–Crippen LogP) is 3.76. The fourth-order valence-electron chi connectivity index (χ4n) is 1.55. The first-order chi connectivity index (χ1) is 6.48. The quantitative estimate of drug-likeness (QED) is 0.461. The molecule has 0 radical (unpaired) electrons. The molecule has 1 nitrogen and oxygen atoms in total. The van der Waals surface area contributed by atoms with Crippen LogP contribution in [0.1, 0.15) is 53.4 Å². The molecule has 84 valence electrons. The monoisotopic (exact) mass is 197 g/mol. The minimum Gasteiger partial charge on any atom is -0.315 e. The summed E-state index contributed by atoms with van der Waals surface area (Å²) in [5.74, 6) is 0. The molecule has 0 aliphatic rings. The van der Waals surface area contributed by atoms with E-state index in [1.165, 1.54) is 19.3 Å². The van der Waals surface area contributed by atoms with E-state index in [1.807, 2.05) is 6.08 Å². The van der Waals surface area contributed by atoms with Crippen molar-refractivity contribution in [2.24, 2.45) is 5.41 Å². The molecule has 0 fully saturated rings. The van der Waals surface area contributed by atoms with E-state index in [-0.39, 0.29) is 0 Å². The van der Waals surface area contributed by atoms with Crippen LogP contribution in [0.4, 0.5) is 0 Å². The van der Waals surface area contributed by atoms with Crippen LogP contribution in [-0.4, -0.2) is 12.6 Å². The summed E-state index contributed by atoms with van der Waals surface area (Å²) in [6.07, 6.45) is 7.02. The first-order valence-corrected chi connectivity index (χ1v) is 5.82. The molecule has 1 N–H and O–H groups in total. The second-order valence-electron chi connectivity index (χ2n) is 5.20. The second-order valence-corrected chi connectivity index (χ2v) is 5.20. The Morgan fingerprint density at radius 3 is 2.43 bits per heavy atom. The highest BCUT2D eigenvalue weighted by Crippen LogP contribution is 2.26. The third-order valence-corrected chi connectivity index (χ3v) is 2.62. The summed E-state index contributed by atoms with van der Waals surface area (Å²) in [4.78, 5) is 0. The van der Waals surface area contributed by atoms with Crippen molar-refractivity contribution >= 4 is 0 Å². The Hall–Kier alpha value is -0.300. The van der Waals surface area contributed by atoms with Crippen molar-refractivity contribution in [3.63, 3.8) is 0 Å². The third-order valence-electron chi connectivity index (χ3n) is 2.62. The van der Waals surface area contributed by atoms with E-state index >= 15 is 0 Å². The van der Waals surface area contributed by atoms with E-state index in [0.717, 1.165) is 13.0 Å². The number of allylic oxidation sites excluding steroid dienone is 1. The van der Waals surface area contributed by atoms with Crippen LogP contribution in [0.5, 0.6) is 0 Å². The molecule has 0 bridgehead atoms. The molecule has 0 aromatic rings. The van der Waals surface area contributed by atoms with Crippen LogP contribution < -0.4 is 5.32 Å². The second kappa shape index (κ2) is 7.05. The Kier molecular flexibility index (Phi) is 6.90. The van der Waals surface area contributed by atoms with Gasteiger partial charge in [0.25, 0.3) is 0 Å². The highest BCUT2D eigenvalue weighted by molar-refractivity contribution is 4.73. The fourth-order valence-corrected chi connectivity index (χ4v) is 1.55. The van der Waals surface area contributed by atoms with E-state index in [9.17, 15) is 0 Å². The van der Waals surface area contributed by atoms with Gasteiger partial charge >= 0.3 is 0 Å². The molecule has 0 saturated carbocycles. The highest BCUT2D eigenvalue weighted by Gasteiger charge is 2.16. The van der Waals surface area contributed by atoms with E-state index in [4.69, 9.17) is 0 Å². The van der Waals surface area contributed by atoms with E-state index < -0.39 is 0 Å². The van der Waals surface area contributed by atoms with Gasteiger partial charge in [-0.3, -0.25) is 0 Å². The van der Waals surface area contributed by atoms with Gasteiger partial charge < -0.3 is 5.32 Å². The Morgan fingerprint density at radius 1 is 1.29 bits per heavy atom. The topological polar surface area (TPSA) is 12.0 Å². The van der Waals surface area contributed by atoms with Crippen LogP contribution in [0.15, 0.2) is 12.7 Å². The number of unbranched alkanes of at least 4 members (excludes halogenated alkanes) is 1. The van der Waals surface area contributed by atoms with Crippen LogP contribution in [0.3, 0.4) is 0 Å². The molecule has 0 aromatic heterocycles. The van der Waals surface area contributed by atoms with Crippen molar-refractivity contribution in [1.29, 1.82) is 0 Å². The number of nitrogens with one attached hydrogen (secondary N) is 1. The summed E-state index contributed by atoms with van der Waals surface area (Å²) < 4.78 is 0. The molecular formula is C13H27N. The van der Waals surface area contributed by atoms with Crippen molar-refractivity contribution in [3.8, 4) is 0 Å². The average Bonchev–Trinajstić information content (AvgIpc) is 2.03. The molecule has 0 aliphatic carbocycles. The Balaban J connectivity index is 3.55. The van der Waals surface area contributed by atoms with Crippen LogP contribution >= 0.6 is 0 Å². The predicted molar refractivity (Wildman–Crippen MR) is 65.6 cm³/mol. The molecule has 0 amide bonds. The standard InChI is InChI=1S/C13H27N/c1-6-7-8-9-13(4,5)10-11-14-12(2)3/h6,12,14H,1,7-11H2,2-5H3. The smallest absolute Gasteiger partial charge is 0.00103 e. The minimum atomic E-state index is 0.477. The van der Waals surface area contributed by atoms with Crippen molar-refractivity contribution in [3.05, 3.63) is 12.7 Å². The van der Waals surface area contributed by atoms with Gasteiger partial charge in [0.15, 0.2) is 0 Å². The molecule has 14 heavy (non-hydrogen) atoms. The maximum Gasteiger partial charge on any atom is 0.00103 e. The van der Waals surface area contributed by atoms with Gasteiger partial charge in [-0.15, -0.1) is 6.58 Å². The van der Waals surface area contributed by atoms with E-state index in [1.54, 1.807) is 0 Å². The lowest BCUT2D eigenvalue weighted by Gasteiger charge is -2.25. The molecule has 0 rings (SSSR count). The highest BCUT2D eigenvalue weighted by atomic mass is 14.9. The lowest BCUT2D eigenvalue weighted by atomic mass is 9.84. The summed E-state index contributed by atoms with van der Waals surface area (Å²) in [6, 6.07) is 0.610. The fraction of sp³-hybridized carbons (Fsp3) is 0.846. The van der Waals surface area contributed by atoms with Crippen molar-refractivity contribution in [2.45, 2.75) is 59.4 Å². The summed E-state index contributed by atoms with van der Waals surface area (Å²) in [5, 5.41) is 3.47. The largest absolute Gasteiger partial charge is 0.315 e. The van der Waals surface area contributed by atoms with Crippen LogP contribution in [0.25, 0.3) is 0 Å². The van der Waals surface area contributed by atoms with Crippen molar-refractivity contribution < 1.29 is 0 Å². The van der Waals surface area contributed by atoms with Gasteiger partial charge in [-0.05, 0) is 37.6 Å². The minimum absolute atomic E-state index is 0.477. The Bertz CT molecular complexity index is 147. The molecule has 0 heterocycles. The maximum atomic E-state index is 3.75. The van der Waals surface area contributed by atoms with Gasteiger partial charge in [0, 0.05) is 6.04 Å². The summed E-state index contributed by atoms with van der Waals surface area (Å²) >= 11 is 0. The zero-order valence-electron chi connectivity index (χ0n) is 10.4. The van der Waals surface area contributed by atoms with Gasteiger partial charge in [0.05, 0.1) is 0 Å². The Morgan fingerprint density at radius 2 is 1.93 bits per heavy atom. The summed E-state index contributed by atoms with van der Waals surface area (Å²) in [5.41, 5.74) is 0.477. The first kappa shape index (κ1) is 13.7. The summed E-state index contributed by atoms with van der Waals surface area (Å²) in [6.45, 7) is 14.0. The number of hydrogen-bond acceptors (Lipinski definition) is 1. The molecule has 0 saturated heterocycles. The molecule has 0 aliphatic heterocycles. The number of hydrogen-bond donors (Lipinski definition) is 1. The molecule has 0 aromatic carbocycles. The molecule has 0 spiro atoms. The van der Waals surface area contributed by atoms with Crippen LogP contribution in [0.2, 0.25) is 0 Å². The first-order valence-electron chi connectivity index (χ1n) is 5.82. The average molecular weight is 197 g/mol. The Labute approximate surface area is 90.0 Å². The normalized spacial score (nSPS) is 12.1. The van der Waals surface area contributed by atoms with Gasteiger partial charge in [-0.25, -0.2) is 0 Å². The zero-order valence-corrected chi connectivity index (χ0v) is 10.4. The van der Waals surface area contributed by atoms with Crippen LogP contribution in [-0.2, 0) is 0 Å². The van der Waals surface area contributed by atoms with Gasteiger partial charge in [0.1, 0.15) is 0 Å². The number of rotatable bonds is 8. The SMILES string of the molecule is C=CCCCC(C)(C)CCNC(C)C. The van der Waals surface area contributed by atoms with Crippen molar-refractivity contribution in [2.75, 3.05) is 6.54 Å². The van der Waals surface area contributed by atoms with Gasteiger partial charge in [-0.2, -0.15) is 0 Å². The van der Waals surface area contributed by atoms with E-state index in [2.05, 4.69) is 39.6 Å². The lowest BCUT2D eigenvalue weighted by molar-refractivity contribution is 0.291. The van der Waals surface area contributed by atoms with E-state index in [0.29, 0.717) is 11.5 Å². The van der Waals surface area contributed by atoms with Gasteiger partial charge in [-0.1, -0.05) is 33.8 Å². The molecule has 1 heteroatoms. The summed E-state index contributed by atoms with van der Waals surface area (Å²) in [7, 11) is 0. The zero-order chi connectivity index (χ0) is 11.0. The van der Waals surface area contributed by atoms with Gasteiger partial charge in [0.2, 0.25) is 0 Å². The van der Waals surface area contributed by atoms with Crippen LogP contribution in [0, 0.1) is 5.41 Å².